The maximum absolute atomic E-state index is 12.0. The van der Waals surface area contributed by atoms with E-state index in [-0.39, 0.29) is 0 Å². The molecule has 0 radical (unpaired) electrons. The van der Waals surface area contributed by atoms with Crippen LogP contribution in [0.25, 0.3) is 0 Å². The lowest BCUT2D eigenvalue weighted by molar-refractivity contribution is -0.0888. The number of thioether (sulfide) groups is 1. The molecule has 0 N–H and O–H groups in total. The van der Waals surface area contributed by atoms with Crippen LogP contribution in [0.1, 0.15) is 17.4 Å². The molecule has 0 fully saturated rings. The van der Waals surface area contributed by atoms with Gasteiger partial charge in [-0.25, -0.2) is 0 Å². The minimum atomic E-state index is -4.89. The third kappa shape index (κ3) is 3.51. The fourth-order valence-corrected chi connectivity index (χ4v) is 1.56. The van der Waals surface area contributed by atoms with Crippen molar-refractivity contribution in [3.05, 3.63) is 11.9 Å². The first-order valence-electron chi connectivity index (χ1n) is 4.54. The molecule has 1 aromatic heterocycles. The molecule has 0 aliphatic rings. The second kappa shape index (κ2) is 5.33. The maximum atomic E-state index is 12.0. The number of halogens is 3. The third-order valence-electron chi connectivity index (χ3n) is 1.70. The number of Topliss-reactive ketones (excluding diaryl/α,β-unsaturated/α-hetero) is 1. The second-order valence-electron chi connectivity index (χ2n) is 2.89. The van der Waals surface area contributed by atoms with Gasteiger partial charge in [0.2, 0.25) is 0 Å². The molecule has 8 heteroatoms. The van der Waals surface area contributed by atoms with Crippen LogP contribution >= 0.6 is 11.8 Å². The van der Waals surface area contributed by atoms with Gasteiger partial charge in [-0.15, -0.1) is 5.10 Å². The molecule has 0 unspecified atom stereocenters. The van der Waals surface area contributed by atoms with Crippen LogP contribution in [0.3, 0.4) is 0 Å². The van der Waals surface area contributed by atoms with Crippen LogP contribution in [0.15, 0.2) is 6.20 Å². The van der Waals surface area contributed by atoms with Crippen molar-refractivity contribution in [1.82, 2.24) is 15.0 Å². The van der Waals surface area contributed by atoms with Crippen molar-refractivity contribution < 1.29 is 18.0 Å². The smallest absolute Gasteiger partial charge is 0.282 e. The van der Waals surface area contributed by atoms with Crippen LogP contribution in [-0.4, -0.2) is 38.5 Å². The quantitative estimate of drug-likeness (QED) is 0.592. The number of alkyl halides is 3. The van der Waals surface area contributed by atoms with Gasteiger partial charge in [0.25, 0.3) is 5.78 Å². The third-order valence-corrected chi connectivity index (χ3v) is 2.58. The molecule has 0 saturated carbocycles. The standard InChI is InChI=1S/C8H10F3N3OS/c1-2-16-4-3-14-5-6(12-13-14)7(15)8(9,10)11/h5H,2-4H2,1H3. The number of hydrogen-bond donors (Lipinski definition) is 0. The van der Waals surface area contributed by atoms with Gasteiger partial charge < -0.3 is 0 Å². The number of carbonyl (C=O) groups excluding carboxylic acids is 1. The van der Waals surface area contributed by atoms with Crippen molar-refractivity contribution in [2.24, 2.45) is 0 Å². The Morgan fingerprint density at radius 1 is 1.56 bits per heavy atom. The van der Waals surface area contributed by atoms with E-state index in [1.54, 1.807) is 11.8 Å². The van der Waals surface area contributed by atoms with Gasteiger partial charge in [-0.05, 0) is 5.75 Å². The zero-order chi connectivity index (χ0) is 12.2. The Labute approximate surface area is 94.2 Å². The highest BCUT2D eigenvalue weighted by molar-refractivity contribution is 7.99. The summed E-state index contributed by atoms with van der Waals surface area (Å²) in [4.78, 5) is 10.8. The summed E-state index contributed by atoms with van der Waals surface area (Å²) in [5.74, 6) is -0.315. The van der Waals surface area contributed by atoms with E-state index >= 15 is 0 Å². The summed E-state index contributed by atoms with van der Waals surface area (Å²) >= 11 is 1.63. The van der Waals surface area contributed by atoms with Gasteiger partial charge in [0.15, 0.2) is 5.69 Å². The summed E-state index contributed by atoms with van der Waals surface area (Å²) in [5.41, 5.74) is -0.658. The van der Waals surface area contributed by atoms with Crippen molar-refractivity contribution in [1.29, 1.82) is 0 Å². The molecule has 1 heterocycles. The van der Waals surface area contributed by atoms with Gasteiger partial charge in [0, 0.05) is 5.75 Å². The molecular weight excluding hydrogens is 243 g/mol. The number of aryl methyl sites for hydroxylation is 1. The Hall–Kier alpha value is -1.05. The van der Waals surface area contributed by atoms with Crippen molar-refractivity contribution in [3.63, 3.8) is 0 Å². The monoisotopic (exact) mass is 253 g/mol. The number of ketones is 1. The highest BCUT2D eigenvalue weighted by Gasteiger charge is 2.41. The Kier molecular flexibility index (Phi) is 4.34. The molecule has 0 amide bonds. The topological polar surface area (TPSA) is 47.8 Å². The number of carbonyl (C=O) groups is 1. The number of nitrogens with zero attached hydrogens (tertiary/aromatic N) is 3. The van der Waals surface area contributed by atoms with Gasteiger partial charge >= 0.3 is 6.18 Å². The van der Waals surface area contributed by atoms with Gasteiger partial charge in [-0.1, -0.05) is 12.1 Å². The first-order valence-corrected chi connectivity index (χ1v) is 5.70. The lowest BCUT2D eigenvalue weighted by Crippen LogP contribution is -2.23. The first kappa shape index (κ1) is 13.0. The van der Waals surface area contributed by atoms with E-state index in [1.807, 2.05) is 6.92 Å². The van der Waals surface area contributed by atoms with Crippen molar-refractivity contribution >= 4 is 17.5 Å². The molecule has 0 aliphatic heterocycles. The van der Waals surface area contributed by atoms with Gasteiger partial charge in [0.1, 0.15) is 0 Å². The van der Waals surface area contributed by atoms with Crippen LogP contribution in [0.2, 0.25) is 0 Å². The molecule has 0 bridgehead atoms. The lowest BCUT2D eigenvalue weighted by atomic mass is 10.3. The normalized spacial score (nSPS) is 11.8. The summed E-state index contributed by atoms with van der Waals surface area (Å²) in [7, 11) is 0. The van der Waals surface area contributed by atoms with E-state index in [4.69, 9.17) is 0 Å². The first-order chi connectivity index (χ1) is 7.45. The highest BCUT2D eigenvalue weighted by Crippen LogP contribution is 2.19. The van der Waals surface area contributed by atoms with Crippen molar-refractivity contribution in [3.8, 4) is 0 Å². The second-order valence-corrected chi connectivity index (χ2v) is 4.28. The molecule has 90 valence electrons. The van der Waals surface area contributed by atoms with Crippen LogP contribution < -0.4 is 0 Å². The van der Waals surface area contributed by atoms with Crippen LogP contribution in [0, 0.1) is 0 Å². The number of hydrogen-bond acceptors (Lipinski definition) is 4. The molecule has 16 heavy (non-hydrogen) atoms. The van der Waals surface area contributed by atoms with Crippen LogP contribution in [0.5, 0.6) is 0 Å². The fraction of sp³-hybridized carbons (Fsp3) is 0.625. The predicted octanol–water partition coefficient (Wildman–Crippen LogP) is 1.78. The zero-order valence-corrected chi connectivity index (χ0v) is 9.31. The van der Waals surface area contributed by atoms with Crippen molar-refractivity contribution in [2.75, 3.05) is 11.5 Å². The molecule has 1 aromatic rings. The van der Waals surface area contributed by atoms with E-state index < -0.39 is 17.7 Å². The predicted molar refractivity (Wildman–Crippen MR) is 53.4 cm³/mol. The molecule has 0 atom stereocenters. The van der Waals surface area contributed by atoms with Crippen LogP contribution in [-0.2, 0) is 6.54 Å². The zero-order valence-electron chi connectivity index (χ0n) is 8.49. The summed E-state index contributed by atoms with van der Waals surface area (Å²) in [6.07, 6.45) is -3.87. The molecule has 1 rings (SSSR count). The largest absolute Gasteiger partial charge is 0.456 e. The molecular formula is C8H10F3N3OS. The minimum Gasteiger partial charge on any atom is -0.282 e. The van der Waals surface area contributed by atoms with E-state index in [0.717, 1.165) is 17.7 Å². The van der Waals surface area contributed by atoms with Crippen molar-refractivity contribution in [2.45, 2.75) is 19.6 Å². The number of aromatic nitrogens is 3. The average molecular weight is 253 g/mol. The molecule has 0 spiro atoms. The summed E-state index contributed by atoms with van der Waals surface area (Å²) < 4.78 is 37.3. The lowest BCUT2D eigenvalue weighted by Gasteiger charge is -2.00. The van der Waals surface area contributed by atoms with E-state index in [1.165, 1.54) is 4.68 Å². The fourth-order valence-electron chi connectivity index (χ4n) is 0.959. The average Bonchev–Trinajstić information content (AvgIpc) is 2.64. The Morgan fingerprint density at radius 3 is 2.81 bits per heavy atom. The maximum Gasteiger partial charge on any atom is 0.456 e. The molecule has 0 aliphatic carbocycles. The minimum absolute atomic E-state index is 0.441. The summed E-state index contributed by atoms with van der Waals surface area (Å²) in [5, 5.41) is 6.65. The Balaban J connectivity index is 2.61. The summed E-state index contributed by atoms with van der Waals surface area (Å²) in [6, 6.07) is 0. The Morgan fingerprint density at radius 2 is 2.25 bits per heavy atom. The van der Waals surface area contributed by atoms with E-state index in [9.17, 15) is 18.0 Å². The molecule has 4 nitrogen and oxygen atoms in total. The van der Waals surface area contributed by atoms with Gasteiger partial charge in [0.05, 0.1) is 12.7 Å². The SMILES string of the molecule is CCSCCn1cc(C(=O)C(F)(F)F)nn1. The van der Waals surface area contributed by atoms with Crippen LogP contribution in [0.4, 0.5) is 13.2 Å². The highest BCUT2D eigenvalue weighted by atomic mass is 32.2. The molecule has 0 saturated heterocycles. The van der Waals surface area contributed by atoms with E-state index in [0.29, 0.717) is 6.54 Å². The van der Waals surface area contributed by atoms with Gasteiger partial charge in [-0.2, -0.15) is 24.9 Å². The van der Waals surface area contributed by atoms with Gasteiger partial charge in [-0.3, -0.25) is 9.48 Å². The van der Waals surface area contributed by atoms with E-state index in [2.05, 4.69) is 10.3 Å². The summed E-state index contributed by atoms with van der Waals surface area (Å²) in [6.45, 7) is 2.42. The number of rotatable bonds is 5. The Bertz CT molecular complexity index is 364. The molecule has 0 aromatic carbocycles.